The molecule has 2 rings (SSSR count). The second-order valence-electron chi connectivity index (χ2n) is 3.97. The monoisotopic (exact) mass is 230 g/mol. The Morgan fingerprint density at radius 1 is 1.25 bits per heavy atom. The summed E-state index contributed by atoms with van der Waals surface area (Å²) in [5, 5.41) is 4.16. The van der Waals surface area contributed by atoms with Crippen LogP contribution in [0.4, 0.5) is 0 Å². The highest BCUT2D eigenvalue weighted by molar-refractivity contribution is 7.07. The summed E-state index contributed by atoms with van der Waals surface area (Å²) < 4.78 is 0. The van der Waals surface area contributed by atoms with Gasteiger partial charge in [-0.3, -0.25) is 4.79 Å². The van der Waals surface area contributed by atoms with E-state index < -0.39 is 0 Å². The average Bonchev–Trinajstić information content (AvgIpc) is 2.82. The van der Waals surface area contributed by atoms with Crippen LogP contribution in [0.2, 0.25) is 0 Å². The molecular formula is C14H14OS. The number of carbonyl (C=O) groups excluding carboxylic acids is 1. The molecule has 2 aromatic rings. The van der Waals surface area contributed by atoms with Gasteiger partial charge in [-0.15, -0.1) is 0 Å². The molecule has 0 aliphatic heterocycles. The molecule has 0 saturated heterocycles. The van der Waals surface area contributed by atoms with E-state index in [1.807, 2.05) is 37.3 Å². The van der Waals surface area contributed by atoms with E-state index in [1.165, 1.54) is 5.56 Å². The summed E-state index contributed by atoms with van der Waals surface area (Å²) in [6, 6.07) is 11.6. The zero-order chi connectivity index (χ0) is 11.4. The first-order chi connectivity index (χ1) is 7.77. The lowest BCUT2D eigenvalue weighted by Crippen LogP contribution is -2.13. The summed E-state index contributed by atoms with van der Waals surface area (Å²) in [6.45, 7) is 1.99. The molecule has 0 spiro atoms. The van der Waals surface area contributed by atoms with Crippen molar-refractivity contribution in [2.75, 3.05) is 0 Å². The molecule has 0 radical (unpaired) electrons. The highest BCUT2D eigenvalue weighted by Gasteiger charge is 2.15. The van der Waals surface area contributed by atoms with E-state index in [1.54, 1.807) is 11.3 Å². The van der Waals surface area contributed by atoms with Gasteiger partial charge in [-0.05, 0) is 28.8 Å². The largest absolute Gasteiger partial charge is 0.294 e. The molecule has 1 heterocycles. The predicted octanol–water partition coefficient (Wildman–Crippen LogP) is 3.81. The molecule has 0 aliphatic rings. The number of thiophene rings is 1. The van der Waals surface area contributed by atoms with Crippen molar-refractivity contribution in [3.05, 3.63) is 58.3 Å². The quantitative estimate of drug-likeness (QED) is 0.730. The highest BCUT2D eigenvalue weighted by Crippen LogP contribution is 2.16. The predicted molar refractivity (Wildman–Crippen MR) is 68.0 cm³/mol. The van der Waals surface area contributed by atoms with Gasteiger partial charge in [-0.2, -0.15) is 11.3 Å². The minimum atomic E-state index is 0.0528. The fourth-order valence-electron chi connectivity index (χ4n) is 1.74. The van der Waals surface area contributed by atoms with Crippen LogP contribution in [-0.4, -0.2) is 5.78 Å². The third kappa shape index (κ3) is 2.58. The van der Waals surface area contributed by atoms with Crippen molar-refractivity contribution in [1.29, 1.82) is 0 Å². The van der Waals surface area contributed by atoms with Gasteiger partial charge in [0, 0.05) is 11.5 Å². The summed E-state index contributed by atoms with van der Waals surface area (Å²) in [7, 11) is 0. The van der Waals surface area contributed by atoms with Crippen LogP contribution in [0.3, 0.4) is 0 Å². The number of carbonyl (C=O) groups is 1. The Kier molecular flexibility index (Phi) is 3.52. The minimum Gasteiger partial charge on any atom is -0.294 e. The zero-order valence-corrected chi connectivity index (χ0v) is 10.0. The maximum absolute atomic E-state index is 12.1. The third-order valence-electron chi connectivity index (χ3n) is 2.63. The molecule has 2 heteroatoms. The number of benzene rings is 1. The van der Waals surface area contributed by atoms with Crippen molar-refractivity contribution in [3.8, 4) is 0 Å². The van der Waals surface area contributed by atoms with Crippen LogP contribution in [0.25, 0.3) is 0 Å². The topological polar surface area (TPSA) is 17.1 Å². The zero-order valence-electron chi connectivity index (χ0n) is 9.22. The Balaban J connectivity index is 2.05. The summed E-state index contributed by atoms with van der Waals surface area (Å²) >= 11 is 1.68. The van der Waals surface area contributed by atoms with Crippen molar-refractivity contribution in [2.24, 2.45) is 5.92 Å². The molecule has 1 unspecified atom stereocenters. The lowest BCUT2D eigenvalue weighted by molar-refractivity contribution is 0.0929. The molecule has 1 aromatic heterocycles. The van der Waals surface area contributed by atoms with Crippen LogP contribution in [0, 0.1) is 5.92 Å². The van der Waals surface area contributed by atoms with Crippen molar-refractivity contribution in [2.45, 2.75) is 13.3 Å². The first-order valence-corrected chi connectivity index (χ1v) is 6.32. The first-order valence-electron chi connectivity index (χ1n) is 5.37. The van der Waals surface area contributed by atoms with Gasteiger partial charge >= 0.3 is 0 Å². The Morgan fingerprint density at radius 2 is 2.00 bits per heavy atom. The Morgan fingerprint density at radius 3 is 2.62 bits per heavy atom. The van der Waals surface area contributed by atoms with Gasteiger partial charge in [0.25, 0.3) is 0 Å². The van der Waals surface area contributed by atoms with E-state index in [9.17, 15) is 4.79 Å². The summed E-state index contributed by atoms with van der Waals surface area (Å²) in [5.74, 6) is 0.281. The van der Waals surface area contributed by atoms with Gasteiger partial charge in [-0.1, -0.05) is 37.3 Å². The van der Waals surface area contributed by atoms with Gasteiger partial charge in [0.15, 0.2) is 5.78 Å². The molecule has 0 aliphatic carbocycles. The summed E-state index contributed by atoms with van der Waals surface area (Å²) in [4.78, 5) is 12.1. The fraction of sp³-hybridized carbons (Fsp3) is 0.214. The fourth-order valence-corrected chi connectivity index (χ4v) is 2.42. The Labute approximate surface area is 99.8 Å². The van der Waals surface area contributed by atoms with Crippen LogP contribution in [-0.2, 0) is 6.42 Å². The van der Waals surface area contributed by atoms with E-state index >= 15 is 0 Å². The summed E-state index contributed by atoms with van der Waals surface area (Å²) in [5.41, 5.74) is 2.06. The molecule has 0 amide bonds. The van der Waals surface area contributed by atoms with Crippen LogP contribution in [0.1, 0.15) is 22.8 Å². The van der Waals surface area contributed by atoms with E-state index in [-0.39, 0.29) is 11.7 Å². The van der Waals surface area contributed by atoms with Crippen molar-refractivity contribution in [3.63, 3.8) is 0 Å². The van der Waals surface area contributed by atoms with E-state index in [0.29, 0.717) is 0 Å². The normalized spacial score (nSPS) is 12.3. The molecule has 0 fully saturated rings. The minimum absolute atomic E-state index is 0.0528. The van der Waals surface area contributed by atoms with Crippen LogP contribution in [0.15, 0.2) is 47.2 Å². The van der Waals surface area contributed by atoms with E-state index in [4.69, 9.17) is 0 Å². The maximum atomic E-state index is 12.1. The average molecular weight is 230 g/mol. The van der Waals surface area contributed by atoms with Crippen LogP contribution >= 0.6 is 11.3 Å². The third-order valence-corrected chi connectivity index (χ3v) is 3.36. The van der Waals surface area contributed by atoms with Gasteiger partial charge < -0.3 is 0 Å². The molecule has 0 bridgehead atoms. The molecule has 0 saturated carbocycles. The van der Waals surface area contributed by atoms with Crippen molar-refractivity contribution < 1.29 is 4.79 Å². The number of hydrogen-bond acceptors (Lipinski definition) is 2. The standard InChI is InChI=1S/C14H14OS/c1-11(9-12-7-8-16-10-12)14(15)13-5-3-2-4-6-13/h2-8,10-11H,9H2,1H3. The maximum Gasteiger partial charge on any atom is 0.165 e. The number of rotatable bonds is 4. The number of Topliss-reactive ketones (excluding diaryl/α,β-unsaturated/α-hetero) is 1. The van der Waals surface area contributed by atoms with E-state index in [2.05, 4.69) is 16.8 Å². The van der Waals surface area contributed by atoms with Crippen molar-refractivity contribution in [1.82, 2.24) is 0 Å². The lowest BCUT2D eigenvalue weighted by Gasteiger charge is -2.09. The summed E-state index contributed by atoms with van der Waals surface area (Å²) in [6.07, 6.45) is 0.831. The second kappa shape index (κ2) is 5.08. The first kappa shape index (κ1) is 11.1. The number of ketones is 1. The van der Waals surface area contributed by atoms with Crippen LogP contribution in [0.5, 0.6) is 0 Å². The van der Waals surface area contributed by atoms with Crippen LogP contribution < -0.4 is 0 Å². The van der Waals surface area contributed by atoms with Gasteiger partial charge in [0.05, 0.1) is 0 Å². The smallest absolute Gasteiger partial charge is 0.165 e. The molecule has 0 N–H and O–H groups in total. The van der Waals surface area contributed by atoms with E-state index in [0.717, 1.165) is 12.0 Å². The second-order valence-corrected chi connectivity index (χ2v) is 4.75. The molecule has 82 valence electrons. The molecular weight excluding hydrogens is 216 g/mol. The number of hydrogen-bond donors (Lipinski definition) is 0. The van der Waals surface area contributed by atoms with Gasteiger partial charge in [0.2, 0.25) is 0 Å². The molecule has 1 atom stereocenters. The molecule has 1 aromatic carbocycles. The Hall–Kier alpha value is -1.41. The lowest BCUT2D eigenvalue weighted by atomic mass is 9.94. The molecule has 16 heavy (non-hydrogen) atoms. The van der Waals surface area contributed by atoms with Gasteiger partial charge in [0.1, 0.15) is 0 Å². The Bertz CT molecular complexity index is 445. The SMILES string of the molecule is CC(Cc1ccsc1)C(=O)c1ccccc1. The molecule has 1 nitrogen and oxygen atoms in total. The highest BCUT2D eigenvalue weighted by atomic mass is 32.1. The van der Waals surface area contributed by atoms with Gasteiger partial charge in [-0.25, -0.2) is 0 Å². The van der Waals surface area contributed by atoms with Crippen molar-refractivity contribution >= 4 is 17.1 Å².